The lowest BCUT2D eigenvalue weighted by Crippen LogP contribution is -2.32. The largest absolute Gasteiger partial charge is 0.131 e. The zero-order chi connectivity index (χ0) is 10.1. The Morgan fingerprint density at radius 1 is 1.31 bits per heavy atom. The number of hydrogen-bond donors (Lipinski definition) is 0. The second-order valence-corrected chi connectivity index (χ2v) is 7.91. The summed E-state index contributed by atoms with van der Waals surface area (Å²) >= 11 is 3.85. The van der Waals surface area contributed by atoms with E-state index >= 15 is 0 Å². The summed E-state index contributed by atoms with van der Waals surface area (Å²) in [7, 11) is 0. The molecule has 0 amide bonds. The molecule has 2 heteroatoms. The lowest BCUT2D eigenvalue weighted by atomic mass is 9.83. The Balaban J connectivity index is 2.54. The minimum atomic E-state index is 0.0295. The SMILES string of the molecule is C#CC1(C)SCC(C(C)(C)C)CS1. The molecule has 0 unspecified atom stereocenters. The van der Waals surface area contributed by atoms with Gasteiger partial charge < -0.3 is 0 Å². The molecule has 0 aromatic carbocycles. The minimum Gasteiger partial charge on any atom is -0.131 e. The molecule has 1 saturated heterocycles. The minimum absolute atomic E-state index is 0.0295. The van der Waals surface area contributed by atoms with E-state index in [-0.39, 0.29) is 4.08 Å². The van der Waals surface area contributed by atoms with Crippen LogP contribution in [0, 0.1) is 23.7 Å². The third kappa shape index (κ3) is 2.86. The highest BCUT2D eigenvalue weighted by Crippen LogP contribution is 2.47. The molecule has 0 saturated carbocycles. The number of thioether (sulfide) groups is 2. The molecule has 0 bridgehead atoms. The number of hydrogen-bond acceptors (Lipinski definition) is 2. The first kappa shape index (κ1) is 11.3. The molecule has 0 N–H and O–H groups in total. The summed E-state index contributed by atoms with van der Waals surface area (Å²) in [5.41, 5.74) is 0.427. The standard InChI is InChI=1S/C11H18S2/c1-6-11(5)12-7-9(8-13-11)10(2,3)4/h1,9H,7-8H2,2-5H3. The lowest BCUT2D eigenvalue weighted by molar-refractivity contribution is 0.292. The van der Waals surface area contributed by atoms with E-state index < -0.39 is 0 Å². The van der Waals surface area contributed by atoms with Crippen LogP contribution in [0.2, 0.25) is 0 Å². The van der Waals surface area contributed by atoms with Crippen LogP contribution in [0.15, 0.2) is 0 Å². The first-order valence-corrected chi connectivity index (χ1v) is 6.60. The molecule has 1 heterocycles. The van der Waals surface area contributed by atoms with Crippen molar-refractivity contribution in [3.05, 3.63) is 0 Å². The lowest BCUT2D eigenvalue weighted by Gasteiger charge is -2.38. The van der Waals surface area contributed by atoms with Crippen LogP contribution in [0.3, 0.4) is 0 Å². The summed E-state index contributed by atoms with van der Waals surface area (Å²) in [6.45, 7) is 9.10. The third-order valence-electron chi connectivity index (χ3n) is 2.61. The molecular weight excluding hydrogens is 196 g/mol. The number of rotatable bonds is 0. The second-order valence-electron chi connectivity index (χ2n) is 4.78. The Morgan fingerprint density at radius 3 is 2.08 bits per heavy atom. The maximum absolute atomic E-state index is 5.50. The normalized spacial score (nSPS) is 35.5. The van der Waals surface area contributed by atoms with Crippen molar-refractivity contribution in [1.29, 1.82) is 0 Å². The summed E-state index contributed by atoms with van der Waals surface area (Å²) < 4.78 is 0.0295. The van der Waals surface area contributed by atoms with Crippen LogP contribution in [0.4, 0.5) is 0 Å². The monoisotopic (exact) mass is 214 g/mol. The van der Waals surface area contributed by atoms with Gasteiger partial charge in [0.25, 0.3) is 0 Å². The van der Waals surface area contributed by atoms with Gasteiger partial charge in [-0.2, -0.15) is 0 Å². The second kappa shape index (κ2) is 3.79. The molecule has 0 spiro atoms. The molecule has 0 aromatic heterocycles. The van der Waals surface area contributed by atoms with Crippen LogP contribution < -0.4 is 0 Å². The van der Waals surface area contributed by atoms with Gasteiger partial charge >= 0.3 is 0 Å². The molecule has 13 heavy (non-hydrogen) atoms. The van der Waals surface area contributed by atoms with E-state index in [0.29, 0.717) is 5.41 Å². The van der Waals surface area contributed by atoms with E-state index in [9.17, 15) is 0 Å². The van der Waals surface area contributed by atoms with Crippen molar-refractivity contribution in [2.75, 3.05) is 11.5 Å². The molecule has 1 fully saturated rings. The smallest absolute Gasteiger partial charge is 0.119 e. The van der Waals surface area contributed by atoms with Gasteiger partial charge in [0, 0.05) is 0 Å². The van der Waals surface area contributed by atoms with Crippen molar-refractivity contribution >= 4 is 23.5 Å². The van der Waals surface area contributed by atoms with Gasteiger partial charge in [0.2, 0.25) is 0 Å². The number of terminal acetylenes is 1. The van der Waals surface area contributed by atoms with Gasteiger partial charge in [-0.1, -0.05) is 26.7 Å². The zero-order valence-electron chi connectivity index (χ0n) is 8.89. The molecule has 1 aliphatic heterocycles. The van der Waals surface area contributed by atoms with Crippen LogP contribution >= 0.6 is 23.5 Å². The van der Waals surface area contributed by atoms with Crippen LogP contribution in [0.1, 0.15) is 27.7 Å². The topological polar surface area (TPSA) is 0 Å². The maximum Gasteiger partial charge on any atom is 0.119 e. The van der Waals surface area contributed by atoms with E-state index in [2.05, 4.69) is 33.6 Å². The highest BCUT2D eigenvalue weighted by atomic mass is 32.2. The van der Waals surface area contributed by atoms with Gasteiger partial charge in [0.05, 0.1) is 0 Å². The zero-order valence-corrected chi connectivity index (χ0v) is 10.5. The van der Waals surface area contributed by atoms with E-state index in [1.54, 1.807) is 0 Å². The summed E-state index contributed by atoms with van der Waals surface area (Å²) in [5.74, 6) is 6.08. The molecule has 1 aliphatic rings. The average molecular weight is 214 g/mol. The van der Waals surface area contributed by atoms with Crippen molar-refractivity contribution in [3.63, 3.8) is 0 Å². The van der Waals surface area contributed by atoms with Crippen molar-refractivity contribution in [1.82, 2.24) is 0 Å². The molecule has 0 aromatic rings. The van der Waals surface area contributed by atoms with Crippen molar-refractivity contribution in [2.24, 2.45) is 11.3 Å². The highest BCUT2D eigenvalue weighted by molar-refractivity contribution is 8.19. The van der Waals surface area contributed by atoms with Gasteiger partial charge in [0.1, 0.15) is 4.08 Å². The molecular formula is C11H18S2. The molecule has 1 rings (SSSR count). The average Bonchev–Trinajstić information content (AvgIpc) is 2.04. The van der Waals surface area contributed by atoms with E-state index in [1.165, 1.54) is 11.5 Å². The fourth-order valence-corrected chi connectivity index (χ4v) is 4.52. The van der Waals surface area contributed by atoms with Gasteiger partial charge in [-0.15, -0.1) is 29.9 Å². The van der Waals surface area contributed by atoms with Gasteiger partial charge in [-0.05, 0) is 29.8 Å². The Bertz CT molecular complexity index is 211. The predicted octanol–water partition coefficient (Wildman–Crippen LogP) is 3.48. The highest BCUT2D eigenvalue weighted by Gasteiger charge is 2.35. The van der Waals surface area contributed by atoms with Crippen LogP contribution in [-0.2, 0) is 0 Å². The molecule has 0 radical (unpaired) electrons. The van der Waals surface area contributed by atoms with Crippen molar-refractivity contribution in [3.8, 4) is 12.3 Å². The van der Waals surface area contributed by atoms with Crippen LogP contribution in [0.5, 0.6) is 0 Å². The quantitative estimate of drug-likeness (QED) is 0.566. The Kier molecular flexibility index (Phi) is 3.30. The van der Waals surface area contributed by atoms with Crippen LogP contribution in [-0.4, -0.2) is 15.6 Å². The summed E-state index contributed by atoms with van der Waals surface area (Å²) in [5, 5.41) is 0. The van der Waals surface area contributed by atoms with Gasteiger partial charge in [-0.25, -0.2) is 0 Å². The van der Waals surface area contributed by atoms with E-state index in [0.717, 1.165) is 5.92 Å². The molecule has 0 nitrogen and oxygen atoms in total. The first-order valence-electron chi connectivity index (χ1n) is 4.63. The van der Waals surface area contributed by atoms with E-state index in [4.69, 9.17) is 6.42 Å². The summed E-state index contributed by atoms with van der Waals surface area (Å²) in [4.78, 5) is 0. The van der Waals surface area contributed by atoms with Crippen molar-refractivity contribution < 1.29 is 0 Å². The Morgan fingerprint density at radius 2 is 1.77 bits per heavy atom. The molecule has 0 atom stereocenters. The summed E-state index contributed by atoms with van der Waals surface area (Å²) in [6, 6.07) is 0. The molecule has 74 valence electrons. The fourth-order valence-electron chi connectivity index (χ4n) is 1.19. The fraction of sp³-hybridized carbons (Fsp3) is 0.818. The third-order valence-corrected chi connectivity index (χ3v) is 5.79. The van der Waals surface area contributed by atoms with Gasteiger partial charge in [0.15, 0.2) is 0 Å². The maximum atomic E-state index is 5.50. The predicted molar refractivity (Wildman–Crippen MR) is 65.1 cm³/mol. The van der Waals surface area contributed by atoms with E-state index in [1.807, 2.05) is 23.5 Å². The Labute approximate surface area is 90.6 Å². The molecule has 0 aliphatic carbocycles. The van der Waals surface area contributed by atoms with Crippen LogP contribution in [0.25, 0.3) is 0 Å². The first-order chi connectivity index (χ1) is 5.87. The van der Waals surface area contributed by atoms with Gasteiger partial charge in [-0.3, -0.25) is 0 Å². The Hall–Kier alpha value is 0.260. The van der Waals surface area contributed by atoms with Crippen molar-refractivity contribution in [2.45, 2.75) is 31.8 Å². The summed E-state index contributed by atoms with van der Waals surface area (Å²) in [6.07, 6.45) is 5.50.